The maximum Gasteiger partial charge on any atom is 0.0900 e. The summed E-state index contributed by atoms with van der Waals surface area (Å²) < 4.78 is 6.08. The molecule has 6 heteroatoms. The Balaban J connectivity index is 0.00000121. The topological polar surface area (TPSA) is 35.9 Å². The molecule has 4 nitrogen and oxygen atoms in total. The van der Waals surface area contributed by atoms with Crippen LogP contribution in [-0.4, -0.2) is 73.5 Å². The van der Waals surface area contributed by atoms with Gasteiger partial charge in [-0.25, -0.2) is 0 Å². The molecule has 0 aromatic rings. The third-order valence-corrected chi connectivity index (χ3v) is 7.26. The Bertz CT molecular complexity index is 395. The minimum atomic E-state index is -0.327. The van der Waals surface area contributed by atoms with Gasteiger partial charge < -0.3 is 14.7 Å². The first-order valence-electron chi connectivity index (χ1n) is 10.3. The van der Waals surface area contributed by atoms with Crippen molar-refractivity contribution in [2.45, 2.75) is 51.6 Å². The molecule has 1 atom stereocenters. The summed E-state index contributed by atoms with van der Waals surface area (Å²) in [5, 5.41) is 10.4. The molecule has 0 aromatic heterocycles. The Morgan fingerprint density at radius 2 is 1.42 bits per heavy atom. The first-order chi connectivity index (χ1) is 11.6. The van der Waals surface area contributed by atoms with Crippen LogP contribution in [0.1, 0.15) is 45.4 Å². The molecule has 1 heterocycles. The van der Waals surface area contributed by atoms with E-state index in [1.807, 2.05) is 0 Å². The average Bonchev–Trinajstić information content (AvgIpc) is 2.54. The van der Waals surface area contributed by atoms with E-state index >= 15 is 0 Å². The summed E-state index contributed by atoms with van der Waals surface area (Å²) in [7, 11) is 0. The van der Waals surface area contributed by atoms with Crippen LogP contribution in [0.15, 0.2) is 0 Å². The zero-order valence-corrected chi connectivity index (χ0v) is 17.9. The summed E-state index contributed by atoms with van der Waals surface area (Å²) in [6, 6.07) is 0. The second-order valence-corrected chi connectivity index (χ2v) is 9.32. The van der Waals surface area contributed by atoms with Gasteiger partial charge in [-0.3, -0.25) is 4.90 Å². The lowest BCUT2D eigenvalue weighted by Crippen LogP contribution is -2.49. The number of hydrogen-bond donors (Lipinski definition) is 1. The molecule has 4 saturated carbocycles. The van der Waals surface area contributed by atoms with Crippen LogP contribution in [0.4, 0.5) is 0 Å². The summed E-state index contributed by atoms with van der Waals surface area (Å²) in [4.78, 5) is 4.87. The maximum atomic E-state index is 10.4. The molecule has 5 aliphatic rings. The van der Waals surface area contributed by atoms with Crippen LogP contribution < -0.4 is 0 Å². The van der Waals surface area contributed by atoms with Gasteiger partial charge >= 0.3 is 0 Å². The highest BCUT2D eigenvalue weighted by Gasteiger charge is 2.50. The Morgan fingerprint density at radius 1 is 0.923 bits per heavy atom. The predicted octanol–water partition coefficient (Wildman–Crippen LogP) is 3.06. The highest BCUT2D eigenvalue weighted by Crippen LogP contribution is 2.60. The van der Waals surface area contributed by atoms with Crippen LogP contribution in [0.25, 0.3) is 0 Å². The normalized spacial score (nSPS) is 37.8. The smallest absolute Gasteiger partial charge is 0.0900 e. The summed E-state index contributed by atoms with van der Waals surface area (Å²) in [5.41, 5.74) is 0.473. The number of ether oxygens (including phenoxy) is 1. The average molecular weight is 409 g/mol. The lowest BCUT2D eigenvalue weighted by atomic mass is 9.50. The molecule has 0 radical (unpaired) electrons. The van der Waals surface area contributed by atoms with Gasteiger partial charge in [0.25, 0.3) is 0 Å². The Morgan fingerprint density at radius 3 is 1.92 bits per heavy atom. The molecule has 1 N–H and O–H groups in total. The van der Waals surface area contributed by atoms with Gasteiger partial charge in [-0.2, -0.15) is 0 Å². The van der Waals surface area contributed by atoms with Crippen LogP contribution in [0.3, 0.4) is 0 Å². The standard InChI is InChI=1S/C20H36N2O2.2ClH/c1-2-21-3-5-22(6-4-21)13-19(23)14-24-15-20-10-16-7-17(11-20)9-18(8-16)12-20;;/h16-19,23H,2-15H2,1H3;2*1H. The van der Waals surface area contributed by atoms with E-state index in [1.165, 1.54) is 38.5 Å². The van der Waals surface area contributed by atoms with Crippen molar-refractivity contribution in [3.05, 3.63) is 0 Å². The van der Waals surface area contributed by atoms with Gasteiger partial charge in [0.05, 0.1) is 19.3 Å². The first kappa shape index (κ1) is 22.7. The number of halogens is 2. The number of likely N-dealkylation sites (N-methyl/N-ethyl adjacent to an activating group) is 1. The minimum Gasteiger partial charge on any atom is -0.389 e. The van der Waals surface area contributed by atoms with Gasteiger partial charge in [0.15, 0.2) is 0 Å². The molecule has 1 aliphatic heterocycles. The Labute approximate surface area is 171 Å². The second kappa shape index (κ2) is 9.76. The van der Waals surface area contributed by atoms with Gasteiger partial charge in [0.2, 0.25) is 0 Å². The van der Waals surface area contributed by atoms with E-state index in [-0.39, 0.29) is 30.9 Å². The molecule has 0 spiro atoms. The highest BCUT2D eigenvalue weighted by atomic mass is 35.5. The lowest BCUT2D eigenvalue weighted by molar-refractivity contribution is -0.107. The fraction of sp³-hybridized carbons (Fsp3) is 1.00. The molecular formula is C20H38Cl2N2O2. The second-order valence-electron chi connectivity index (χ2n) is 9.32. The van der Waals surface area contributed by atoms with E-state index in [9.17, 15) is 5.11 Å². The third kappa shape index (κ3) is 5.27. The molecule has 26 heavy (non-hydrogen) atoms. The van der Waals surface area contributed by atoms with Crippen molar-refractivity contribution in [3.63, 3.8) is 0 Å². The van der Waals surface area contributed by atoms with Gasteiger partial charge in [0, 0.05) is 32.7 Å². The molecule has 154 valence electrons. The number of aliphatic hydroxyl groups is 1. The van der Waals surface area contributed by atoms with Crippen molar-refractivity contribution in [3.8, 4) is 0 Å². The maximum absolute atomic E-state index is 10.4. The Hall–Kier alpha value is 0.420. The van der Waals surface area contributed by atoms with Gasteiger partial charge in [0.1, 0.15) is 0 Å². The first-order valence-corrected chi connectivity index (χ1v) is 10.3. The van der Waals surface area contributed by atoms with Crippen molar-refractivity contribution < 1.29 is 9.84 Å². The van der Waals surface area contributed by atoms with Crippen molar-refractivity contribution in [2.24, 2.45) is 23.2 Å². The SMILES string of the molecule is CCN1CCN(CC(O)COCC23CC4CC(CC(C4)C2)C3)CC1.Cl.Cl. The fourth-order valence-corrected chi connectivity index (χ4v) is 6.52. The summed E-state index contributed by atoms with van der Waals surface area (Å²) in [5.74, 6) is 2.96. The molecule has 1 saturated heterocycles. The predicted molar refractivity (Wildman–Crippen MR) is 110 cm³/mol. The molecule has 5 fully saturated rings. The highest BCUT2D eigenvalue weighted by molar-refractivity contribution is 5.85. The van der Waals surface area contributed by atoms with Crippen molar-refractivity contribution in [2.75, 3.05) is 52.5 Å². The lowest BCUT2D eigenvalue weighted by Gasteiger charge is -2.56. The molecule has 5 rings (SSSR count). The largest absolute Gasteiger partial charge is 0.389 e. The fourth-order valence-electron chi connectivity index (χ4n) is 6.52. The molecule has 4 bridgehead atoms. The van der Waals surface area contributed by atoms with E-state index in [0.717, 1.165) is 63.6 Å². The number of hydrogen-bond acceptors (Lipinski definition) is 4. The number of piperazine rings is 1. The zero-order valence-electron chi connectivity index (χ0n) is 16.3. The zero-order chi connectivity index (χ0) is 16.6. The van der Waals surface area contributed by atoms with Gasteiger partial charge in [-0.05, 0) is 68.2 Å². The number of nitrogens with zero attached hydrogens (tertiary/aromatic N) is 2. The van der Waals surface area contributed by atoms with E-state index in [4.69, 9.17) is 4.74 Å². The Kier molecular flexibility index (Phi) is 8.52. The minimum absolute atomic E-state index is 0. The van der Waals surface area contributed by atoms with Crippen molar-refractivity contribution in [1.29, 1.82) is 0 Å². The van der Waals surface area contributed by atoms with Gasteiger partial charge in [-0.1, -0.05) is 6.92 Å². The number of rotatable bonds is 7. The van der Waals surface area contributed by atoms with Crippen molar-refractivity contribution >= 4 is 24.8 Å². The van der Waals surface area contributed by atoms with Crippen LogP contribution in [0, 0.1) is 23.2 Å². The quantitative estimate of drug-likeness (QED) is 0.701. The van der Waals surface area contributed by atoms with Crippen LogP contribution >= 0.6 is 24.8 Å². The summed E-state index contributed by atoms with van der Waals surface area (Å²) in [6.45, 7) is 10.0. The van der Waals surface area contributed by atoms with E-state index < -0.39 is 0 Å². The van der Waals surface area contributed by atoms with Crippen LogP contribution in [0.5, 0.6) is 0 Å². The van der Waals surface area contributed by atoms with E-state index in [2.05, 4.69) is 16.7 Å². The van der Waals surface area contributed by atoms with E-state index in [0.29, 0.717) is 12.0 Å². The molecular weight excluding hydrogens is 371 g/mol. The van der Waals surface area contributed by atoms with E-state index in [1.54, 1.807) is 0 Å². The third-order valence-electron chi connectivity index (χ3n) is 7.26. The van der Waals surface area contributed by atoms with Crippen LogP contribution in [-0.2, 0) is 4.74 Å². The van der Waals surface area contributed by atoms with Crippen molar-refractivity contribution in [1.82, 2.24) is 9.80 Å². The molecule has 0 amide bonds. The molecule has 0 aromatic carbocycles. The molecule has 1 unspecified atom stereocenters. The summed E-state index contributed by atoms with van der Waals surface area (Å²) in [6.07, 6.45) is 8.34. The van der Waals surface area contributed by atoms with Gasteiger partial charge in [-0.15, -0.1) is 24.8 Å². The number of aliphatic hydroxyl groups excluding tert-OH is 1. The monoisotopic (exact) mass is 408 g/mol. The summed E-state index contributed by atoms with van der Waals surface area (Å²) >= 11 is 0. The number of β-amino-alcohol motifs (C(OH)–C–C–N with tert-alkyl or cyclic N) is 1. The van der Waals surface area contributed by atoms with Crippen LogP contribution in [0.2, 0.25) is 0 Å². The molecule has 4 aliphatic carbocycles.